The second-order valence-electron chi connectivity index (χ2n) is 15.1. The SMILES string of the molecule is Fc1c(F)c(F)c([B-](c2c(F)c(F)c(F)c(F)c2F)(c2c(F)c(F)c(F)c(F)c2F)c2c(F)c(F)c(F)c(F)c2F)c(F)c1F.N#Cc1ccc(S(=O)(=O)O)cc1.N#Cc1ccc(S(=O)(=O)O)cc1.N#Cc1ccc(S(=O)(=O)O)cc1. The van der Waals surface area contributed by atoms with Crippen molar-refractivity contribution in [2.75, 3.05) is 0 Å². The zero-order chi connectivity index (χ0) is 61.9. The van der Waals surface area contributed by atoms with Crippen LogP contribution in [0.4, 0.5) is 87.8 Å². The Bertz CT molecular complexity index is 3580. The Balaban J connectivity index is 0.000000312. The molecule has 0 aliphatic rings. The maximum atomic E-state index is 15.4. The molecule has 0 aliphatic heterocycles. The van der Waals surface area contributed by atoms with Gasteiger partial charge >= 0.3 is 0 Å². The molecule has 0 spiro atoms. The van der Waals surface area contributed by atoms with Gasteiger partial charge in [0.25, 0.3) is 30.4 Å². The first-order valence-corrected chi connectivity index (χ1v) is 24.3. The summed E-state index contributed by atoms with van der Waals surface area (Å²) in [6, 6.07) is 20.5. The van der Waals surface area contributed by atoms with Crippen molar-refractivity contribution in [1.29, 1.82) is 15.8 Å². The highest BCUT2D eigenvalue weighted by Crippen LogP contribution is 2.31. The fraction of sp³-hybridized carbons (Fsp3) is 0. The topological polar surface area (TPSA) is 234 Å². The van der Waals surface area contributed by atoms with Crippen LogP contribution in [0.2, 0.25) is 0 Å². The minimum Gasteiger partial charge on any atom is -0.282 e. The summed E-state index contributed by atoms with van der Waals surface area (Å²) in [5, 5.41) is 25.1. The van der Waals surface area contributed by atoms with Crippen molar-refractivity contribution in [1.82, 2.24) is 0 Å². The molecule has 7 aromatic rings. The van der Waals surface area contributed by atoms with E-state index in [9.17, 15) is 77.9 Å². The Labute approximate surface area is 438 Å². The molecule has 0 atom stereocenters. The molecule has 0 saturated heterocycles. The van der Waals surface area contributed by atoms with Crippen LogP contribution in [0.15, 0.2) is 87.5 Å². The highest BCUT2D eigenvalue weighted by atomic mass is 32.2. The van der Waals surface area contributed by atoms with Crippen LogP contribution in [-0.4, -0.2) is 45.1 Å². The molecule has 0 unspecified atom stereocenters. The molecular weight excluding hydrogens is 1210 g/mol. The molecule has 7 rings (SSSR count). The van der Waals surface area contributed by atoms with Gasteiger partial charge in [-0.3, -0.25) is 13.7 Å². The van der Waals surface area contributed by atoms with Crippen molar-refractivity contribution in [2.45, 2.75) is 14.7 Å². The Morgan fingerprint density at radius 1 is 0.259 bits per heavy atom. The predicted molar refractivity (Wildman–Crippen MR) is 232 cm³/mol. The average molecular weight is 1230 g/mol. The van der Waals surface area contributed by atoms with Crippen molar-refractivity contribution < 1.29 is 127 Å². The lowest BCUT2D eigenvalue weighted by Crippen LogP contribution is -2.81. The van der Waals surface area contributed by atoms with Gasteiger partial charge in [-0.1, -0.05) is 0 Å². The van der Waals surface area contributed by atoms with Crippen molar-refractivity contribution in [3.8, 4) is 18.2 Å². The number of nitrogens with zero attached hydrogens (tertiary/aromatic N) is 3. The summed E-state index contributed by atoms with van der Waals surface area (Å²) in [6.45, 7) is 0. The van der Waals surface area contributed by atoms with Gasteiger partial charge in [-0.25, -0.2) is 87.8 Å². The predicted octanol–water partition coefficient (Wildman–Crippen LogP) is 8.26. The van der Waals surface area contributed by atoms with E-state index in [-0.39, 0.29) is 14.7 Å². The molecule has 0 aliphatic carbocycles. The van der Waals surface area contributed by atoms with Crippen molar-refractivity contribution in [3.05, 3.63) is 206 Å². The minimum absolute atomic E-state index is 0.207. The molecule has 0 bridgehead atoms. The Morgan fingerprint density at radius 3 is 0.494 bits per heavy atom. The number of nitriles is 3. The smallest absolute Gasteiger partial charge is 0.282 e. The number of hydrogen-bond acceptors (Lipinski definition) is 9. The van der Waals surface area contributed by atoms with E-state index in [0.29, 0.717) is 16.7 Å². The van der Waals surface area contributed by atoms with Crippen LogP contribution < -0.4 is 21.9 Å². The van der Waals surface area contributed by atoms with Crippen LogP contribution in [0.1, 0.15) is 16.7 Å². The highest BCUT2D eigenvalue weighted by molar-refractivity contribution is 7.86. The van der Waals surface area contributed by atoms with Gasteiger partial charge in [0.15, 0.2) is 69.8 Å². The second-order valence-corrected chi connectivity index (χ2v) is 19.4. The van der Waals surface area contributed by atoms with Crippen LogP contribution in [0, 0.1) is 150 Å². The van der Waals surface area contributed by atoms with E-state index in [1.807, 2.05) is 18.2 Å². The summed E-state index contributed by atoms with van der Waals surface area (Å²) < 4.78 is 383. The summed E-state index contributed by atoms with van der Waals surface area (Å²) in [5.74, 6) is -71.4. The third kappa shape index (κ3) is 12.6. The molecule has 0 amide bonds. The fourth-order valence-electron chi connectivity index (χ4n) is 6.98. The van der Waals surface area contributed by atoms with Gasteiger partial charge < -0.3 is 0 Å². The van der Waals surface area contributed by atoms with Gasteiger partial charge in [0.1, 0.15) is 52.7 Å². The third-order valence-corrected chi connectivity index (χ3v) is 13.2. The van der Waals surface area contributed by atoms with E-state index < -0.39 is 175 Å². The summed E-state index contributed by atoms with van der Waals surface area (Å²) in [7, 11) is -12.4. The Kier molecular flexibility index (Phi) is 19.6. The molecule has 81 heavy (non-hydrogen) atoms. The summed E-state index contributed by atoms with van der Waals surface area (Å²) in [5.41, 5.74) is -13.3. The highest BCUT2D eigenvalue weighted by Gasteiger charge is 2.52. The first-order chi connectivity index (χ1) is 37.3. The molecule has 7 aromatic carbocycles. The summed E-state index contributed by atoms with van der Waals surface area (Å²) in [6.07, 6.45) is -7.22. The Morgan fingerprint density at radius 2 is 0.383 bits per heavy atom. The number of hydrogen-bond donors (Lipinski definition) is 3. The zero-order valence-electron chi connectivity index (χ0n) is 37.9. The van der Waals surface area contributed by atoms with Gasteiger partial charge in [0.2, 0.25) is 0 Å². The molecule has 3 N–H and O–H groups in total. The Hall–Kier alpha value is -8.60. The number of benzene rings is 7. The van der Waals surface area contributed by atoms with Gasteiger partial charge in [-0.15, -0.1) is 21.9 Å². The molecule has 0 aromatic heterocycles. The van der Waals surface area contributed by atoms with Crippen LogP contribution in [0.3, 0.4) is 0 Å². The van der Waals surface area contributed by atoms with Crippen molar-refractivity contribution in [3.63, 3.8) is 0 Å². The molecule has 0 radical (unpaired) electrons. The van der Waals surface area contributed by atoms with E-state index in [1.54, 1.807) is 0 Å². The molecule has 12 nitrogen and oxygen atoms in total. The number of halogens is 20. The van der Waals surface area contributed by atoms with Crippen LogP contribution >= 0.6 is 0 Å². The van der Waals surface area contributed by atoms with E-state index in [4.69, 9.17) is 29.4 Å². The molecule has 0 fully saturated rings. The standard InChI is InChI=1S/C24BF20.3C7H5NO3S/c26-5-1(6(27)14(35)21(42)13(5)34)25(2-7(28)15(36)22(43)16(37)8(2)29,3-9(30)17(38)23(44)18(39)10(3)31)4-11(32)19(40)24(45)20(41)12(4)33;3*8-5-6-1-3-7(4-2-6)12(9,10)11/h;3*1-4H,(H,9,10,11)/q-1;;;. The average Bonchev–Trinajstić information content (AvgIpc) is 3.43. The van der Waals surface area contributed by atoms with Gasteiger partial charge in [-0.05, 0) is 72.8 Å². The van der Waals surface area contributed by atoms with Gasteiger partial charge in [0.05, 0.1) is 49.6 Å². The maximum Gasteiger partial charge on any atom is 0.294 e. The molecule has 426 valence electrons. The first kappa shape index (κ1) is 64.9. The normalized spacial score (nSPS) is 11.4. The van der Waals surface area contributed by atoms with E-state index in [2.05, 4.69) is 0 Å². The molecule has 36 heteroatoms. The van der Waals surface area contributed by atoms with E-state index >= 15 is 35.1 Å². The largest absolute Gasteiger partial charge is 0.294 e. The van der Waals surface area contributed by atoms with Crippen LogP contribution in [0.25, 0.3) is 0 Å². The lowest BCUT2D eigenvalue weighted by molar-refractivity contribution is 0.378. The van der Waals surface area contributed by atoms with E-state index in [0.717, 1.165) is 0 Å². The molecule has 0 heterocycles. The molecular formula is C45H15BF20N3O9S3-. The second kappa shape index (κ2) is 24.4. The quantitative estimate of drug-likeness (QED) is 0.0450. The van der Waals surface area contributed by atoms with Crippen LogP contribution in [0.5, 0.6) is 0 Å². The lowest BCUT2D eigenvalue weighted by Gasteiger charge is -2.44. The molecule has 0 saturated carbocycles. The summed E-state index contributed by atoms with van der Waals surface area (Å²) >= 11 is 0. The zero-order valence-corrected chi connectivity index (χ0v) is 40.4. The van der Waals surface area contributed by atoms with Gasteiger partial charge in [-0.2, -0.15) is 41.0 Å². The fourth-order valence-corrected chi connectivity index (χ4v) is 8.42. The maximum absolute atomic E-state index is 15.4. The lowest BCUT2D eigenvalue weighted by atomic mass is 9.12. The first-order valence-electron chi connectivity index (χ1n) is 20.0. The number of rotatable bonds is 7. The third-order valence-electron chi connectivity index (χ3n) is 10.6. The van der Waals surface area contributed by atoms with Crippen molar-refractivity contribution >= 4 is 58.4 Å². The van der Waals surface area contributed by atoms with Gasteiger partial charge in [0, 0.05) is 0 Å². The monoisotopic (exact) mass is 1230 g/mol. The minimum atomic E-state index is -7.22. The van der Waals surface area contributed by atoms with E-state index in [1.165, 1.54) is 72.8 Å². The van der Waals surface area contributed by atoms with Crippen molar-refractivity contribution in [2.24, 2.45) is 0 Å². The summed E-state index contributed by atoms with van der Waals surface area (Å²) in [4.78, 5) is -0.621. The van der Waals surface area contributed by atoms with Crippen LogP contribution in [-0.2, 0) is 30.4 Å².